The van der Waals surface area contributed by atoms with Gasteiger partial charge in [-0.05, 0) is 30.0 Å². The summed E-state index contributed by atoms with van der Waals surface area (Å²) in [5, 5.41) is 0. The maximum absolute atomic E-state index is 12.4. The van der Waals surface area contributed by atoms with E-state index >= 15 is 0 Å². The van der Waals surface area contributed by atoms with Crippen molar-refractivity contribution in [3.8, 4) is 0 Å². The zero-order valence-electron chi connectivity index (χ0n) is 10.4. The molecule has 0 unspecified atom stereocenters. The van der Waals surface area contributed by atoms with Crippen molar-refractivity contribution >= 4 is 35.3 Å². The summed E-state index contributed by atoms with van der Waals surface area (Å²) >= 11 is -0.416. The fourth-order valence-electron chi connectivity index (χ4n) is 1.27. The monoisotopic (exact) mass is 320 g/mol. The van der Waals surface area contributed by atoms with Crippen molar-refractivity contribution in [2.45, 2.75) is 10.4 Å². The molecule has 0 aromatic heterocycles. The van der Waals surface area contributed by atoms with E-state index in [1.165, 1.54) is 0 Å². The van der Waals surface area contributed by atoms with Crippen molar-refractivity contribution in [2.75, 3.05) is 0 Å². The second-order valence-electron chi connectivity index (χ2n) is 3.63. The van der Waals surface area contributed by atoms with Crippen LogP contribution in [-0.4, -0.2) is 23.3 Å². The van der Waals surface area contributed by atoms with Crippen LogP contribution in [0, 0.1) is 0 Å². The van der Waals surface area contributed by atoms with Gasteiger partial charge >= 0.3 is 5.51 Å². The van der Waals surface area contributed by atoms with Crippen LogP contribution in [0.5, 0.6) is 0 Å². The van der Waals surface area contributed by atoms with Gasteiger partial charge in [0.2, 0.25) is 11.9 Å². The summed E-state index contributed by atoms with van der Waals surface area (Å²) in [6, 6.07) is 3.23. The third-order valence-corrected chi connectivity index (χ3v) is 2.60. The predicted octanol–water partition coefficient (Wildman–Crippen LogP) is 0.617. The highest BCUT2D eigenvalue weighted by Gasteiger charge is 2.29. The quantitative estimate of drug-likeness (QED) is 0.366. The van der Waals surface area contributed by atoms with E-state index in [0.717, 1.165) is 18.2 Å². The molecule has 11 heteroatoms. The average Bonchev–Trinajstić information content (AvgIpc) is 2.24. The van der Waals surface area contributed by atoms with Gasteiger partial charge in [-0.1, -0.05) is 0 Å². The molecule has 0 heterocycles. The molecule has 0 radical (unpaired) electrons. The molecule has 0 saturated carbocycles. The van der Waals surface area contributed by atoms with Crippen LogP contribution in [0.25, 0.3) is 0 Å². The first-order valence-corrected chi connectivity index (χ1v) is 6.03. The van der Waals surface area contributed by atoms with Crippen LogP contribution in [0.15, 0.2) is 33.1 Å². The van der Waals surface area contributed by atoms with Crippen LogP contribution in [0.3, 0.4) is 0 Å². The van der Waals surface area contributed by atoms with Crippen LogP contribution in [0.1, 0.15) is 10.4 Å². The standard InChI is InChI=1S/C10H11F3N6OS/c11-10(12,13)21-6-2-4(7(14)20)1-5(3-6)18-9(17)19-8(15)16/h1-3H,(H2,14,20)(H6,15,16,17,18,19). The molecule has 0 aliphatic rings. The molecule has 1 aromatic carbocycles. The molecule has 0 bridgehead atoms. The second kappa shape index (κ2) is 6.35. The molecule has 0 fully saturated rings. The van der Waals surface area contributed by atoms with Crippen LogP contribution in [0.2, 0.25) is 0 Å². The fraction of sp³-hybridized carbons (Fsp3) is 0.100. The Morgan fingerprint density at radius 3 is 2.19 bits per heavy atom. The molecule has 21 heavy (non-hydrogen) atoms. The first-order chi connectivity index (χ1) is 9.56. The lowest BCUT2D eigenvalue weighted by molar-refractivity contribution is -0.0328. The van der Waals surface area contributed by atoms with Crippen LogP contribution in [0.4, 0.5) is 18.9 Å². The van der Waals surface area contributed by atoms with Gasteiger partial charge in [0, 0.05) is 10.5 Å². The van der Waals surface area contributed by atoms with Gasteiger partial charge in [0.25, 0.3) is 0 Å². The number of nitrogens with zero attached hydrogens (tertiary/aromatic N) is 2. The molecule has 1 aromatic rings. The maximum atomic E-state index is 12.4. The molecule has 7 nitrogen and oxygen atoms in total. The number of carbonyl (C=O) groups excluding carboxylic acids is 1. The number of alkyl halides is 3. The molecular formula is C10H11F3N6OS. The van der Waals surface area contributed by atoms with Gasteiger partial charge in [-0.25, -0.2) is 4.99 Å². The highest BCUT2D eigenvalue weighted by molar-refractivity contribution is 8.00. The topological polar surface area (TPSA) is 146 Å². The highest BCUT2D eigenvalue weighted by Crippen LogP contribution is 2.38. The number of hydrogen-bond acceptors (Lipinski definition) is 3. The molecule has 0 saturated heterocycles. The zero-order chi connectivity index (χ0) is 16.2. The van der Waals surface area contributed by atoms with E-state index < -0.39 is 23.2 Å². The van der Waals surface area contributed by atoms with Crippen LogP contribution < -0.4 is 22.9 Å². The lowest BCUT2D eigenvalue weighted by Crippen LogP contribution is -2.26. The maximum Gasteiger partial charge on any atom is 0.446 e. The Morgan fingerprint density at radius 1 is 1.10 bits per heavy atom. The van der Waals surface area contributed by atoms with E-state index in [2.05, 4.69) is 9.98 Å². The summed E-state index contributed by atoms with van der Waals surface area (Å²) < 4.78 is 37.1. The number of thioether (sulfide) groups is 1. The first kappa shape index (κ1) is 16.6. The Balaban J connectivity index is 3.26. The summed E-state index contributed by atoms with van der Waals surface area (Å²) in [7, 11) is 0. The Labute approximate surface area is 121 Å². The van der Waals surface area contributed by atoms with Crippen LogP contribution in [-0.2, 0) is 0 Å². The average molecular weight is 320 g/mol. The smallest absolute Gasteiger partial charge is 0.370 e. The minimum Gasteiger partial charge on any atom is -0.370 e. The van der Waals surface area contributed by atoms with E-state index in [0.29, 0.717) is 0 Å². The fourth-order valence-corrected chi connectivity index (χ4v) is 1.91. The van der Waals surface area contributed by atoms with Crippen molar-refractivity contribution in [1.82, 2.24) is 0 Å². The molecule has 1 rings (SSSR count). The van der Waals surface area contributed by atoms with Gasteiger partial charge in [0.15, 0.2) is 5.96 Å². The number of amides is 1. The second-order valence-corrected chi connectivity index (χ2v) is 4.77. The van der Waals surface area contributed by atoms with E-state index in [-0.39, 0.29) is 28.1 Å². The van der Waals surface area contributed by atoms with Gasteiger partial charge < -0.3 is 22.9 Å². The number of carbonyl (C=O) groups is 1. The largest absolute Gasteiger partial charge is 0.446 e. The minimum atomic E-state index is -4.53. The van der Waals surface area contributed by atoms with E-state index in [4.69, 9.17) is 22.9 Å². The van der Waals surface area contributed by atoms with Crippen molar-refractivity contribution < 1.29 is 18.0 Å². The molecular weight excluding hydrogens is 309 g/mol. The molecule has 1 amide bonds. The Kier molecular flexibility index (Phi) is 5.02. The van der Waals surface area contributed by atoms with Crippen molar-refractivity contribution in [2.24, 2.45) is 32.9 Å². The van der Waals surface area contributed by atoms with Crippen LogP contribution >= 0.6 is 11.8 Å². The normalized spacial score (nSPS) is 12.0. The van der Waals surface area contributed by atoms with E-state index in [9.17, 15) is 18.0 Å². The first-order valence-electron chi connectivity index (χ1n) is 5.21. The number of primary amides is 1. The number of halogens is 3. The molecule has 0 spiro atoms. The summed E-state index contributed by atoms with van der Waals surface area (Å²) in [5.74, 6) is -1.65. The SMILES string of the molecule is NC(=O)c1cc(N=C(N)N=C(N)N)cc(SC(F)(F)F)c1. The summed E-state index contributed by atoms with van der Waals surface area (Å²) in [6.45, 7) is 0. The number of rotatable bonds is 3. The molecule has 114 valence electrons. The van der Waals surface area contributed by atoms with E-state index in [1.807, 2.05) is 0 Å². The van der Waals surface area contributed by atoms with Crippen molar-refractivity contribution in [3.05, 3.63) is 23.8 Å². The van der Waals surface area contributed by atoms with Crippen molar-refractivity contribution in [1.29, 1.82) is 0 Å². The van der Waals surface area contributed by atoms with Gasteiger partial charge in [-0.15, -0.1) is 0 Å². The predicted molar refractivity (Wildman–Crippen MR) is 74.0 cm³/mol. The number of benzene rings is 1. The van der Waals surface area contributed by atoms with Crippen molar-refractivity contribution in [3.63, 3.8) is 0 Å². The summed E-state index contributed by atoms with van der Waals surface area (Å²) in [5.41, 5.74) is 15.9. The van der Waals surface area contributed by atoms with Gasteiger partial charge in [0.05, 0.1) is 5.69 Å². The number of guanidine groups is 2. The zero-order valence-corrected chi connectivity index (χ0v) is 11.2. The molecule has 0 aliphatic heterocycles. The van der Waals surface area contributed by atoms with E-state index in [1.54, 1.807) is 0 Å². The summed E-state index contributed by atoms with van der Waals surface area (Å²) in [4.78, 5) is 17.9. The minimum absolute atomic E-state index is 0.0412. The molecule has 8 N–H and O–H groups in total. The Hall–Kier alpha value is -2.43. The van der Waals surface area contributed by atoms with Gasteiger partial charge in [0.1, 0.15) is 0 Å². The third-order valence-electron chi connectivity index (χ3n) is 1.90. The Morgan fingerprint density at radius 2 is 1.71 bits per heavy atom. The summed E-state index contributed by atoms with van der Waals surface area (Å²) in [6.07, 6.45) is 0. The molecule has 0 aliphatic carbocycles. The Bertz CT molecular complexity index is 609. The third kappa shape index (κ3) is 6.03. The number of aliphatic imine (C=N–C) groups is 2. The number of nitrogens with two attached hydrogens (primary N) is 4. The van der Waals surface area contributed by atoms with Gasteiger partial charge in [-0.2, -0.15) is 18.2 Å². The lowest BCUT2D eigenvalue weighted by atomic mass is 10.2. The van der Waals surface area contributed by atoms with Gasteiger partial charge in [-0.3, -0.25) is 4.79 Å². The number of hydrogen-bond donors (Lipinski definition) is 4. The highest BCUT2D eigenvalue weighted by atomic mass is 32.2. The lowest BCUT2D eigenvalue weighted by Gasteiger charge is -2.08. The molecule has 0 atom stereocenters.